The Balaban J connectivity index is 1.42. The largest absolute Gasteiger partial charge is 0.388 e. The number of amides is 1. The third-order valence-corrected chi connectivity index (χ3v) is 5.88. The normalized spacial score (nSPS) is 23.7. The zero-order valence-electron chi connectivity index (χ0n) is 16.0. The summed E-state index contributed by atoms with van der Waals surface area (Å²) in [6.45, 7) is 3.92. The third kappa shape index (κ3) is 4.10. The molecule has 2 N–H and O–H groups in total. The fourth-order valence-corrected chi connectivity index (χ4v) is 4.31. The van der Waals surface area contributed by atoms with Gasteiger partial charge in [-0.25, -0.2) is 4.39 Å². The molecule has 2 fully saturated rings. The van der Waals surface area contributed by atoms with Crippen molar-refractivity contribution in [1.82, 2.24) is 20.0 Å². The molecule has 150 valence electrons. The molecule has 2 aromatic rings. The van der Waals surface area contributed by atoms with E-state index in [9.17, 15) is 14.3 Å². The highest BCUT2D eigenvalue weighted by atomic mass is 19.1. The predicted octanol–water partition coefficient (Wildman–Crippen LogP) is 2.67. The molecule has 0 saturated carbocycles. The van der Waals surface area contributed by atoms with E-state index in [-0.39, 0.29) is 11.7 Å². The third-order valence-electron chi connectivity index (χ3n) is 5.88. The number of β-amino-alcohol motifs (C(OH)–C–C–N with tert-alkyl or cyclic N) is 1. The average Bonchev–Trinajstić information content (AvgIpc) is 3.33. The smallest absolute Gasteiger partial charge is 0.271 e. The fraction of sp³-hybridized carbons (Fsp3) is 0.524. The number of aromatic amines is 1. The molecule has 6 nitrogen and oxygen atoms in total. The second kappa shape index (κ2) is 8.01. The first kappa shape index (κ1) is 19.1. The van der Waals surface area contributed by atoms with Crippen LogP contribution in [0.5, 0.6) is 0 Å². The van der Waals surface area contributed by atoms with Crippen LogP contribution < -0.4 is 0 Å². The van der Waals surface area contributed by atoms with Crippen LogP contribution in [0.25, 0.3) is 11.3 Å². The van der Waals surface area contributed by atoms with E-state index in [1.165, 1.54) is 18.9 Å². The minimum atomic E-state index is -0.730. The summed E-state index contributed by atoms with van der Waals surface area (Å²) in [4.78, 5) is 17.0. The summed E-state index contributed by atoms with van der Waals surface area (Å²) in [5, 5.41) is 17.9. The first-order chi connectivity index (χ1) is 13.5. The Morgan fingerprint density at radius 1 is 1.14 bits per heavy atom. The molecule has 0 bridgehead atoms. The Kier molecular flexibility index (Phi) is 5.46. The Morgan fingerprint density at radius 3 is 2.71 bits per heavy atom. The molecule has 2 aliphatic heterocycles. The van der Waals surface area contributed by atoms with E-state index < -0.39 is 5.60 Å². The molecule has 7 heteroatoms. The van der Waals surface area contributed by atoms with Crippen molar-refractivity contribution in [2.75, 3.05) is 32.7 Å². The molecule has 2 saturated heterocycles. The maximum Gasteiger partial charge on any atom is 0.271 e. The van der Waals surface area contributed by atoms with Crippen LogP contribution in [0.2, 0.25) is 0 Å². The van der Waals surface area contributed by atoms with Crippen molar-refractivity contribution in [1.29, 1.82) is 0 Å². The summed E-state index contributed by atoms with van der Waals surface area (Å²) >= 11 is 0. The van der Waals surface area contributed by atoms with Gasteiger partial charge in [-0.3, -0.25) is 9.89 Å². The molecule has 1 atom stereocenters. The standard InChI is InChI=1S/C21H27FN4O2/c22-17-7-2-1-6-16(17)18-14-19(24-23-18)20(27)26-12-5-8-21(28,9-13-26)15-25-10-3-4-11-25/h1-2,6-7,14,28H,3-5,8-13,15H2,(H,23,24)/t21-/m1/s1. The number of likely N-dealkylation sites (tertiary alicyclic amines) is 2. The number of halogens is 1. The monoisotopic (exact) mass is 386 g/mol. The van der Waals surface area contributed by atoms with E-state index in [2.05, 4.69) is 15.1 Å². The van der Waals surface area contributed by atoms with Crippen molar-refractivity contribution < 1.29 is 14.3 Å². The van der Waals surface area contributed by atoms with Gasteiger partial charge in [0, 0.05) is 25.2 Å². The molecule has 1 amide bonds. The van der Waals surface area contributed by atoms with Crippen LogP contribution in [0, 0.1) is 5.82 Å². The number of benzene rings is 1. The minimum Gasteiger partial charge on any atom is -0.388 e. The average molecular weight is 386 g/mol. The lowest BCUT2D eigenvalue weighted by molar-refractivity contribution is -0.00291. The molecule has 4 rings (SSSR count). The Labute approximate surface area is 164 Å². The van der Waals surface area contributed by atoms with E-state index in [1.807, 2.05) is 0 Å². The molecule has 0 aliphatic carbocycles. The van der Waals surface area contributed by atoms with Gasteiger partial charge in [0.2, 0.25) is 0 Å². The molecule has 3 heterocycles. The number of rotatable bonds is 4. The number of carbonyl (C=O) groups is 1. The highest BCUT2D eigenvalue weighted by Crippen LogP contribution is 2.27. The second-order valence-electron chi connectivity index (χ2n) is 8.00. The summed E-state index contributed by atoms with van der Waals surface area (Å²) in [6, 6.07) is 7.98. The predicted molar refractivity (Wildman–Crippen MR) is 104 cm³/mol. The summed E-state index contributed by atoms with van der Waals surface area (Å²) < 4.78 is 14.0. The topological polar surface area (TPSA) is 72.5 Å². The molecular weight excluding hydrogens is 359 g/mol. The fourth-order valence-electron chi connectivity index (χ4n) is 4.31. The van der Waals surface area contributed by atoms with Crippen molar-refractivity contribution >= 4 is 5.91 Å². The van der Waals surface area contributed by atoms with Gasteiger partial charge in [-0.2, -0.15) is 5.10 Å². The van der Waals surface area contributed by atoms with Gasteiger partial charge in [0.15, 0.2) is 0 Å². The number of aromatic nitrogens is 2. The zero-order valence-corrected chi connectivity index (χ0v) is 16.0. The number of carbonyl (C=O) groups excluding carboxylic acids is 1. The maximum atomic E-state index is 14.0. The summed E-state index contributed by atoms with van der Waals surface area (Å²) in [5.74, 6) is -0.518. The van der Waals surface area contributed by atoms with Gasteiger partial charge in [0.1, 0.15) is 11.5 Å². The number of H-pyrrole nitrogens is 1. The molecule has 0 spiro atoms. The van der Waals surface area contributed by atoms with Crippen LogP contribution in [0.1, 0.15) is 42.6 Å². The Morgan fingerprint density at radius 2 is 1.93 bits per heavy atom. The van der Waals surface area contributed by atoms with Crippen LogP contribution in [0.3, 0.4) is 0 Å². The van der Waals surface area contributed by atoms with E-state index in [0.717, 1.165) is 19.5 Å². The number of hydrogen-bond acceptors (Lipinski definition) is 4. The van der Waals surface area contributed by atoms with Crippen molar-refractivity contribution in [3.05, 3.63) is 41.8 Å². The van der Waals surface area contributed by atoms with Crippen LogP contribution in [-0.4, -0.2) is 69.3 Å². The second-order valence-corrected chi connectivity index (χ2v) is 8.00. The van der Waals surface area contributed by atoms with Crippen molar-refractivity contribution in [3.8, 4) is 11.3 Å². The number of aliphatic hydroxyl groups is 1. The summed E-state index contributed by atoms with van der Waals surface area (Å²) in [5.41, 5.74) is 0.407. The Hall–Kier alpha value is -2.25. The van der Waals surface area contributed by atoms with Gasteiger partial charge in [-0.05, 0) is 63.4 Å². The highest BCUT2D eigenvalue weighted by molar-refractivity contribution is 5.93. The summed E-state index contributed by atoms with van der Waals surface area (Å²) in [7, 11) is 0. The van der Waals surface area contributed by atoms with Gasteiger partial charge in [0.25, 0.3) is 5.91 Å². The van der Waals surface area contributed by atoms with E-state index >= 15 is 0 Å². The van der Waals surface area contributed by atoms with E-state index in [4.69, 9.17) is 0 Å². The van der Waals surface area contributed by atoms with Crippen molar-refractivity contribution in [2.24, 2.45) is 0 Å². The first-order valence-electron chi connectivity index (χ1n) is 10.1. The Bertz CT molecular complexity index is 833. The molecule has 0 radical (unpaired) electrons. The van der Waals surface area contributed by atoms with Crippen molar-refractivity contribution in [2.45, 2.75) is 37.7 Å². The van der Waals surface area contributed by atoms with Crippen LogP contribution in [-0.2, 0) is 0 Å². The van der Waals surface area contributed by atoms with Gasteiger partial charge >= 0.3 is 0 Å². The number of nitrogens with zero attached hydrogens (tertiary/aromatic N) is 3. The first-order valence-corrected chi connectivity index (χ1v) is 10.1. The van der Waals surface area contributed by atoms with Gasteiger partial charge in [-0.15, -0.1) is 0 Å². The van der Waals surface area contributed by atoms with Gasteiger partial charge in [-0.1, -0.05) is 12.1 Å². The van der Waals surface area contributed by atoms with Crippen molar-refractivity contribution in [3.63, 3.8) is 0 Å². The number of hydrogen-bond donors (Lipinski definition) is 2. The van der Waals surface area contributed by atoms with Crippen LogP contribution >= 0.6 is 0 Å². The minimum absolute atomic E-state index is 0.152. The quantitative estimate of drug-likeness (QED) is 0.847. The highest BCUT2D eigenvalue weighted by Gasteiger charge is 2.34. The summed E-state index contributed by atoms with van der Waals surface area (Å²) in [6.07, 6.45) is 4.44. The van der Waals surface area contributed by atoms with E-state index in [0.29, 0.717) is 49.4 Å². The lowest BCUT2D eigenvalue weighted by atomic mass is 9.94. The molecular formula is C21H27FN4O2. The number of nitrogens with one attached hydrogen (secondary N) is 1. The van der Waals surface area contributed by atoms with E-state index in [1.54, 1.807) is 29.2 Å². The molecule has 1 aromatic carbocycles. The van der Waals surface area contributed by atoms with Gasteiger partial charge in [0.05, 0.1) is 11.3 Å². The van der Waals surface area contributed by atoms with Crippen LogP contribution in [0.15, 0.2) is 30.3 Å². The lowest BCUT2D eigenvalue weighted by Gasteiger charge is -2.31. The molecule has 2 aliphatic rings. The van der Waals surface area contributed by atoms with Gasteiger partial charge < -0.3 is 14.9 Å². The molecule has 1 aromatic heterocycles. The molecule has 28 heavy (non-hydrogen) atoms. The maximum absolute atomic E-state index is 14.0. The lowest BCUT2D eigenvalue weighted by Crippen LogP contribution is -2.43. The zero-order chi connectivity index (χ0) is 19.6. The molecule has 0 unspecified atom stereocenters. The SMILES string of the molecule is O=C(c1cc(-c2ccccc2F)n[nH]1)N1CCC[C@](O)(CN2CCCC2)CC1. The van der Waals surface area contributed by atoms with Crippen LogP contribution in [0.4, 0.5) is 4.39 Å².